The van der Waals surface area contributed by atoms with E-state index in [9.17, 15) is 0 Å². The molecule has 1 unspecified atom stereocenters. The van der Waals surface area contributed by atoms with E-state index in [0.29, 0.717) is 5.92 Å². The molecular weight excluding hydrogens is 318 g/mol. The molecule has 26 heavy (non-hydrogen) atoms. The summed E-state index contributed by atoms with van der Waals surface area (Å²) < 4.78 is 2.68. The van der Waals surface area contributed by atoms with Crippen molar-refractivity contribution in [2.45, 2.75) is 52.1 Å². The van der Waals surface area contributed by atoms with Crippen LogP contribution in [-0.2, 0) is 25.9 Å². The predicted molar refractivity (Wildman–Crippen MR) is 107 cm³/mol. The highest BCUT2D eigenvalue weighted by molar-refractivity contribution is 5.89. The number of hydrogen-bond donors (Lipinski definition) is 0. The van der Waals surface area contributed by atoms with Crippen LogP contribution in [0.4, 0.5) is 0 Å². The summed E-state index contributed by atoms with van der Waals surface area (Å²) in [6.07, 6.45) is 5.53. The third-order valence-electron chi connectivity index (χ3n) is 6.32. The molecule has 1 aromatic carbocycles. The number of hydrogen-bond acceptors (Lipinski definition) is 2. The largest absolute Gasteiger partial charge is 0.343 e. The van der Waals surface area contributed by atoms with E-state index in [1.165, 1.54) is 41.3 Å². The van der Waals surface area contributed by atoms with Gasteiger partial charge in [0, 0.05) is 54.9 Å². The first kappa shape index (κ1) is 16.1. The minimum absolute atomic E-state index is 0.573. The Labute approximate surface area is 155 Å². The van der Waals surface area contributed by atoms with E-state index in [1.807, 2.05) is 6.20 Å². The number of fused-ring (bicyclic) bond motifs is 3. The van der Waals surface area contributed by atoms with Crippen molar-refractivity contribution in [1.82, 2.24) is 14.5 Å². The molecule has 0 saturated carbocycles. The smallest absolute Gasteiger partial charge is 0.0518 e. The van der Waals surface area contributed by atoms with Crippen molar-refractivity contribution in [2.24, 2.45) is 0 Å². The molecule has 0 amide bonds. The van der Waals surface area contributed by atoms with Crippen molar-refractivity contribution in [1.29, 1.82) is 0 Å². The SMILES string of the molecule is Cc1cc2c3c(c1)c1c(n3CC(c3ccnc(C)c3)CC2)CCN(C)C1. The summed E-state index contributed by atoms with van der Waals surface area (Å²) in [5, 5.41) is 1.51. The van der Waals surface area contributed by atoms with Gasteiger partial charge in [-0.15, -0.1) is 0 Å². The molecule has 3 nitrogen and oxygen atoms in total. The number of rotatable bonds is 1. The van der Waals surface area contributed by atoms with Crippen molar-refractivity contribution < 1.29 is 0 Å². The number of nitrogens with zero attached hydrogens (tertiary/aromatic N) is 3. The van der Waals surface area contributed by atoms with Crippen LogP contribution in [0, 0.1) is 13.8 Å². The zero-order chi connectivity index (χ0) is 17.8. The van der Waals surface area contributed by atoms with Gasteiger partial charge >= 0.3 is 0 Å². The Hall–Kier alpha value is -2.13. The third kappa shape index (κ3) is 2.49. The molecule has 0 aliphatic carbocycles. The Morgan fingerprint density at radius 1 is 1.12 bits per heavy atom. The molecule has 3 aromatic rings. The van der Waals surface area contributed by atoms with E-state index in [1.54, 1.807) is 16.8 Å². The van der Waals surface area contributed by atoms with Gasteiger partial charge < -0.3 is 9.47 Å². The van der Waals surface area contributed by atoms with Crippen LogP contribution in [-0.4, -0.2) is 28.0 Å². The average molecular weight is 345 g/mol. The number of benzene rings is 1. The zero-order valence-corrected chi connectivity index (χ0v) is 16.0. The maximum atomic E-state index is 4.40. The lowest BCUT2D eigenvalue weighted by Crippen LogP contribution is -2.27. The van der Waals surface area contributed by atoms with Crippen molar-refractivity contribution in [3.05, 3.63) is 64.1 Å². The Balaban J connectivity index is 1.69. The number of aromatic nitrogens is 2. The lowest BCUT2D eigenvalue weighted by atomic mass is 9.92. The summed E-state index contributed by atoms with van der Waals surface area (Å²) in [6.45, 7) is 7.71. The van der Waals surface area contributed by atoms with Crippen LogP contribution in [0.25, 0.3) is 10.9 Å². The summed E-state index contributed by atoms with van der Waals surface area (Å²) in [5.41, 5.74) is 10.2. The minimum atomic E-state index is 0.573. The van der Waals surface area contributed by atoms with Crippen LogP contribution in [0.2, 0.25) is 0 Å². The maximum absolute atomic E-state index is 4.40. The van der Waals surface area contributed by atoms with Crippen LogP contribution >= 0.6 is 0 Å². The lowest BCUT2D eigenvalue weighted by Gasteiger charge is -2.25. The average Bonchev–Trinajstić information content (AvgIpc) is 2.78. The summed E-state index contributed by atoms with van der Waals surface area (Å²) in [4.78, 5) is 6.87. The van der Waals surface area contributed by atoms with Crippen molar-refractivity contribution >= 4 is 10.9 Å². The topological polar surface area (TPSA) is 21.1 Å². The molecule has 0 saturated heterocycles. The van der Waals surface area contributed by atoms with Gasteiger partial charge in [0.2, 0.25) is 0 Å². The quantitative estimate of drug-likeness (QED) is 0.653. The van der Waals surface area contributed by atoms with Gasteiger partial charge in [-0.05, 0) is 68.6 Å². The third-order valence-corrected chi connectivity index (χ3v) is 6.32. The second kappa shape index (κ2) is 5.95. The van der Waals surface area contributed by atoms with Gasteiger partial charge in [0.1, 0.15) is 0 Å². The molecule has 0 spiro atoms. The van der Waals surface area contributed by atoms with Gasteiger partial charge in [-0.2, -0.15) is 0 Å². The highest BCUT2D eigenvalue weighted by atomic mass is 15.1. The molecule has 2 aliphatic heterocycles. The first-order chi connectivity index (χ1) is 12.6. The normalized spacial score (nSPS) is 20.2. The first-order valence-corrected chi connectivity index (χ1v) is 9.84. The van der Waals surface area contributed by atoms with Crippen molar-refractivity contribution in [2.75, 3.05) is 13.6 Å². The van der Waals surface area contributed by atoms with E-state index in [4.69, 9.17) is 0 Å². The number of likely N-dealkylation sites (N-methyl/N-ethyl adjacent to an activating group) is 1. The molecule has 1 atom stereocenters. The highest BCUT2D eigenvalue weighted by Gasteiger charge is 2.28. The Bertz CT molecular complexity index is 998. The monoisotopic (exact) mass is 345 g/mol. The van der Waals surface area contributed by atoms with E-state index in [0.717, 1.165) is 25.3 Å². The molecule has 3 heteroatoms. The van der Waals surface area contributed by atoms with Gasteiger partial charge in [-0.25, -0.2) is 0 Å². The zero-order valence-electron chi connectivity index (χ0n) is 16.0. The van der Waals surface area contributed by atoms with Gasteiger partial charge in [-0.3, -0.25) is 4.98 Å². The summed E-state index contributed by atoms with van der Waals surface area (Å²) in [7, 11) is 2.25. The van der Waals surface area contributed by atoms with Crippen LogP contribution in [0.3, 0.4) is 0 Å². The van der Waals surface area contributed by atoms with Gasteiger partial charge in [-0.1, -0.05) is 11.6 Å². The molecule has 0 fully saturated rings. The standard InChI is InChI=1S/C23H27N3/c1-15-10-18-4-5-19(17-6-8-24-16(2)12-17)13-26-22-7-9-25(3)14-21(22)20(11-15)23(18)26/h6,8,10-12,19H,4-5,7,9,13-14H2,1-3H3. The molecule has 5 rings (SSSR count). The molecule has 4 heterocycles. The fourth-order valence-corrected chi connectivity index (χ4v) is 5.09. The van der Waals surface area contributed by atoms with Gasteiger partial charge in [0.15, 0.2) is 0 Å². The van der Waals surface area contributed by atoms with Crippen LogP contribution in [0.1, 0.15) is 46.0 Å². The fourth-order valence-electron chi connectivity index (χ4n) is 5.09. The molecule has 2 aliphatic rings. The summed E-state index contributed by atoms with van der Waals surface area (Å²) in [5.74, 6) is 0.573. The Kier molecular flexibility index (Phi) is 3.68. The van der Waals surface area contributed by atoms with Crippen LogP contribution in [0.5, 0.6) is 0 Å². The van der Waals surface area contributed by atoms with Gasteiger partial charge in [0.05, 0.1) is 5.52 Å². The second-order valence-electron chi connectivity index (χ2n) is 8.31. The highest BCUT2D eigenvalue weighted by Crippen LogP contribution is 2.39. The van der Waals surface area contributed by atoms with Crippen molar-refractivity contribution in [3.8, 4) is 0 Å². The van der Waals surface area contributed by atoms with Crippen LogP contribution in [0.15, 0.2) is 30.5 Å². The van der Waals surface area contributed by atoms with Gasteiger partial charge in [0.25, 0.3) is 0 Å². The summed E-state index contributed by atoms with van der Waals surface area (Å²) in [6, 6.07) is 9.35. The molecule has 0 N–H and O–H groups in total. The predicted octanol–water partition coefficient (Wildman–Crippen LogP) is 4.37. The lowest BCUT2D eigenvalue weighted by molar-refractivity contribution is 0.308. The molecular formula is C23H27N3. The second-order valence-corrected chi connectivity index (χ2v) is 8.31. The molecule has 0 radical (unpaired) electrons. The molecule has 0 bridgehead atoms. The van der Waals surface area contributed by atoms with Crippen LogP contribution < -0.4 is 0 Å². The Morgan fingerprint density at radius 2 is 2.00 bits per heavy atom. The van der Waals surface area contributed by atoms with E-state index < -0.39 is 0 Å². The number of aryl methyl sites for hydroxylation is 3. The van der Waals surface area contributed by atoms with Crippen molar-refractivity contribution in [3.63, 3.8) is 0 Å². The van der Waals surface area contributed by atoms with E-state index in [-0.39, 0.29) is 0 Å². The Morgan fingerprint density at radius 3 is 2.85 bits per heavy atom. The minimum Gasteiger partial charge on any atom is -0.343 e. The molecule has 134 valence electrons. The van der Waals surface area contributed by atoms with E-state index >= 15 is 0 Å². The summed E-state index contributed by atoms with van der Waals surface area (Å²) >= 11 is 0. The fraction of sp³-hybridized carbons (Fsp3) is 0.435. The maximum Gasteiger partial charge on any atom is 0.0518 e. The first-order valence-electron chi connectivity index (χ1n) is 9.84. The van der Waals surface area contributed by atoms with E-state index in [2.05, 4.69) is 59.6 Å². The molecule has 2 aromatic heterocycles. The number of pyridine rings is 1.